The molecule has 1 heterocycles. The molecule has 0 radical (unpaired) electrons. The van der Waals surface area contributed by atoms with Crippen molar-refractivity contribution in [3.63, 3.8) is 0 Å². The molecule has 0 unspecified atom stereocenters. The molecule has 0 spiro atoms. The average Bonchev–Trinajstić information content (AvgIpc) is 3.36. The number of nitriles is 1. The van der Waals surface area contributed by atoms with Crippen LogP contribution in [0.2, 0.25) is 0 Å². The lowest BCUT2D eigenvalue weighted by Gasteiger charge is -2.30. The summed E-state index contributed by atoms with van der Waals surface area (Å²) in [5, 5.41) is 14.8. The van der Waals surface area contributed by atoms with Crippen LogP contribution in [0.25, 0.3) is 6.08 Å². The van der Waals surface area contributed by atoms with Gasteiger partial charge in [-0.15, -0.1) is 0 Å². The molecule has 0 aliphatic carbocycles. The maximum Gasteiger partial charge on any atom is 0.284 e. The van der Waals surface area contributed by atoms with Gasteiger partial charge in [0.1, 0.15) is 11.1 Å². The first-order chi connectivity index (χ1) is 19.1. The maximum atomic E-state index is 13.2. The molecule has 7 heteroatoms. The van der Waals surface area contributed by atoms with Crippen molar-refractivity contribution < 1.29 is 14.3 Å². The monoisotopic (exact) mass is 548 g/mol. The Morgan fingerprint density at radius 1 is 0.795 bits per heavy atom. The molecule has 4 aromatic carbocycles. The molecule has 5 rings (SSSR count). The lowest BCUT2D eigenvalue weighted by atomic mass is 10.1. The van der Waals surface area contributed by atoms with E-state index in [-0.39, 0.29) is 5.91 Å². The molecular weight excluding hydrogens is 523 g/mol. The molecule has 4 aromatic rings. The molecule has 0 saturated carbocycles. The van der Waals surface area contributed by atoms with Gasteiger partial charge >= 0.3 is 0 Å². The number of carbonyl (C=O) groups excluding carboxylic acids is 1. The van der Waals surface area contributed by atoms with E-state index >= 15 is 0 Å². The molecule has 0 bridgehead atoms. The number of amides is 1. The summed E-state index contributed by atoms with van der Waals surface area (Å²) in [5.74, 6) is 0.702. The third kappa shape index (κ3) is 4.83. The highest BCUT2D eigenvalue weighted by Crippen LogP contribution is 2.48. The second-order valence-electron chi connectivity index (χ2n) is 8.55. The zero-order valence-electron chi connectivity index (χ0n) is 21.4. The van der Waals surface area contributed by atoms with E-state index in [4.69, 9.17) is 9.47 Å². The molecule has 39 heavy (non-hydrogen) atoms. The van der Waals surface area contributed by atoms with Crippen molar-refractivity contribution in [2.45, 2.75) is 0 Å². The number of benzene rings is 4. The second-order valence-corrected chi connectivity index (χ2v) is 12.9. The Bertz CT molecular complexity index is 1570. The van der Waals surface area contributed by atoms with E-state index in [0.29, 0.717) is 32.3 Å². The van der Waals surface area contributed by atoms with Gasteiger partial charge < -0.3 is 9.47 Å². The second kappa shape index (κ2) is 11.6. The molecule has 0 N–H and O–H groups in total. The van der Waals surface area contributed by atoms with Gasteiger partial charge in [0.15, 0.2) is 11.5 Å². The van der Waals surface area contributed by atoms with Gasteiger partial charge in [0.05, 0.1) is 24.4 Å². The van der Waals surface area contributed by atoms with Crippen LogP contribution in [0.15, 0.2) is 119 Å². The number of thioether (sulfide) groups is 1. The Labute approximate surface area is 232 Å². The summed E-state index contributed by atoms with van der Waals surface area (Å²) in [6, 6.07) is 38.2. The van der Waals surface area contributed by atoms with Crippen molar-refractivity contribution in [2.75, 3.05) is 14.2 Å². The number of hydrogen-bond acceptors (Lipinski definition) is 5. The zero-order chi connectivity index (χ0) is 27.2. The first-order valence-electron chi connectivity index (χ1n) is 12.2. The minimum atomic E-state index is -2.70. The van der Waals surface area contributed by atoms with Crippen LogP contribution < -0.4 is 25.4 Å². The summed E-state index contributed by atoms with van der Waals surface area (Å²) in [6.45, 7) is -2.70. The van der Waals surface area contributed by atoms with Gasteiger partial charge in [-0.1, -0.05) is 115 Å². The van der Waals surface area contributed by atoms with E-state index in [1.807, 2.05) is 66.7 Å². The lowest BCUT2D eigenvalue weighted by molar-refractivity contribution is -0.113. The minimum absolute atomic E-state index is 0.389. The van der Waals surface area contributed by atoms with Gasteiger partial charge in [0, 0.05) is 5.56 Å². The molecule has 5 nitrogen and oxygen atoms in total. The van der Waals surface area contributed by atoms with Gasteiger partial charge in [0.2, 0.25) is 0 Å². The van der Waals surface area contributed by atoms with Crippen LogP contribution in [0.1, 0.15) is 5.56 Å². The SMILES string of the molecule is COc1cccc(C=C2SC(C(C#N)=P(c3ccccc3)(c3ccccc3)c3ccccc3)=NC2=O)c1OC. The normalized spacial score (nSPS) is 14.0. The van der Waals surface area contributed by atoms with E-state index in [0.717, 1.165) is 15.9 Å². The molecule has 192 valence electrons. The summed E-state index contributed by atoms with van der Waals surface area (Å²) >= 11 is 1.22. The highest BCUT2D eigenvalue weighted by molar-refractivity contribution is 8.22. The third-order valence-electron chi connectivity index (χ3n) is 6.41. The summed E-state index contributed by atoms with van der Waals surface area (Å²) in [7, 11) is 3.13. The largest absolute Gasteiger partial charge is 0.493 e. The predicted octanol–water partition coefficient (Wildman–Crippen LogP) is 5.41. The smallest absolute Gasteiger partial charge is 0.284 e. The highest BCUT2D eigenvalue weighted by atomic mass is 32.2. The first-order valence-corrected chi connectivity index (χ1v) is 14.8. The zero-order valence-corrected chi connectivity index (χ0v) is 23.2. The number of para-hydroxylation sites is 1. The molecule has 0 fully saturated rings. The van der Waals surface area contributed by atoms with Crippen molar-refractivity contribution in [3.8, 4) is 17.6 Å². The van der Waals surface area contributed by atoms with Crippen LogP contribution >= 0.6 is 18.6 Å². The number of carbonyl (C=O) groups is 1. The molecular formula is C32H25N2O3PS. The summed E-state index contributed by atoms with van der Waals surface area (Å²) in [5.41, 5.74) is 0.692. The maximum absolute atomic E-state index is 13.2. The van der Waals surface area contributed by atoms with E-state index in [1.165, 1.54) is 11.8 Å². The number of nitrogens with zero attached hydrogens (tertiary/aromatic N) is 2. The van der Waals surface area contributed by atoms with Crippen molar-refractivity contribution in [1.82, 2.24) is 0 Å². The fraction of sp³-hybridized carbons (Fsp3) is 0.0625. The summed E-state index contributed by atoms with van der Waals surface area (Å²) in [4.78, 5) is 18.1. The van der Waals surface area contributed by atoms with E-state index in [1.54, 1.807) is 26.4 Å². The number of hydrogen-bond donors (Lipinski definition) is 0. The minimum Gasteiger partial charge on any atom is -0.493 e. The van der Waals surface area contributed by atoms with Crippen LogP contribution in [0, 0.1) is 11.3 Å². The Balaban J connectivity index is 1.77. The van der Waals surface area contributed by atoms with E-state index < -0.39 is 6.89 Å². The molecule has 1 aliphatic rings. The molecule has 1 aliphatic heterocycles. The molecule has 0 saturated heterocycles. The number of ether oxygens (including phenoxy) is 2. The standard InChI is InChI=1S/C32H25N2O3PS/c1-36-27-20-12-13-23(30(27)37-2)21-29-31(35)34-32(39-29)28(22-33)38(24-14-6-3-7-15-24,25-16-8-4-9-17-25)26-18-10-5-11-19-26/h3-21H,1-2H3. The highest BCUT2D eigenvalue weighted by Gasteiger charge is 2.35. The van der Waals surface area contributed by atoms with Crippen molar-refractivity contribution in [1.29, 1.82) is 5.26 Å². The van der Waals surface area contributed by atoms with Gasteiger partial charge in [0.25, 0.3) is 5.91 Å². The van der Waals surface area contributed by atoms with Crippen LogP contribution in [-0.2, 0) is 4.79 Å². The number of methoxy groups -OCH3 is 2. The quantitative estimate of drug-likeness (QED) is 0.228. The van der Waals surface area contributed by atoms with Gasteiger partial charge in [-0.2, -0.15) is 5.26 Å². The predicted molar refractivity (Wildman–Crippen MR) is 163 cm³/mol. The van der Waals surface area contributed by atoms with Crippen molar-refractivity contribution in [2.24, 2.45) is 4.99 Å². The van der Waals surface area contributed by atoms with Crippen molar-refractivity contribution >= 4 is 56.9 Å². The summed E-state index contributed by atoms with van der Waals surface area (Å²) < 4.78 is 11.0. The number of rotatable bonds is 7. The van der Waals surface area contributed by atoms with Crippen molar-refractivity contribution in [3.05, 3.63) is 120 Å². The summed E-state index contributed by atoms with van der Waals surface area (Å²) in [6.07, 6.45) is 1.74. The Morgan fingerprint density at radius 2 is 1.33 bits per heavy atom. The Kier molecular flexibility index (Phi) is 7.84. The topological polar surface area (TPSA) is 71.7 Å². The molecule has 0 atom stereocenters. The third-order valence-corrected chi connectivity index (χ3v) is 11.8. The van der Waals surface area contributed by atoms with Gasteiger partial charge in [-0.25, -0.2) is 4.99 Å². The first kappa shape index (κ1) is 26.3. The van der Waals surface area contributed by atoms with E-state index in [9.17, 15) is 10.1 Å². The fourth-order valence-electron chi connectivity index (χ4n) is 4.73. The Hall–Kier alpha value is -4.30. The number of aliphatic imine (C=N–C) groups is 1. The van der Waals surface area contributed by atoms with Crippen LogP contribution in [0.5, 0.6) is 11.5 Å². The Morgan fingerprint density at radius 3 is 1.79 bits per heavy atom. The molecule has 1 amide bonds. The van der Waals surface area contributed by atoms with E-state index in [2.05, 4.69) is 47.5 Å². The fourth-order valence-corrected chi connectivity index (χ4v) is 10.1. The van der Waals surface area contributed by atoms with Crippen LogP contribution in [-0.4, -0.2) is 30.5 Å². The van der Waals surface area contributed by atoms with Gasteiger partial charge in [-0.05, 0) is 34.9 Å². The van der Waals surface area contributed by atoms with Crippen LogP contribution in [0.4, 0.5) is 0 Å². The van der Waals surface area contributed by atoms with Gasteiger partial charge in [-0.3, -0.25) is 4.79 Å². The average molecular weight is 549 g/mol. The molecule has 0 aromatic heterocycles. The lowest BCUT2D eigenvalue weighted by Crippen LogP contribution is -2.32. The van der Waals surface area contributed by atoms with Crippen LogP contribution in [0.3, 0.4) is 0 Å².